The molecule has 1 aromatic carbocycles. The van der Waals surface area contributed by atoms with E-state index in [1.807, 2.05) is 0 Å². The largest absolute Gasteiger partial charge is 0.446 e. The molecule has 1 saturated heterocycles. The van der Waals surface area contributed by atoms with Crippen LogP contribution in [0.25, 0.3) is 0 Å². The van der Waals surface area contributed by atoms with Crippen LogP contribution in [0.1, 0.15) is 37.8 Å². The molecule has 0 saturated carbocycles. The molecular weight excluding hydrogens is 297 g/mol. The van der Waals surface area contributed by atoms with E-state index in [0.29, 0.717) is 12.6 Å². The van der Waals surface area contributed by atoms with Crippen molar-refractivity contribution < 1.29 is 13.2 Å². The normalized spacial score (nSPS) is 21.7. The second-order valence-corrected chi connectivity index (χ2v) is 6.45. The highest BCUT2D eigenvalue weighted by Gasteiger charge is 2.31. The van der Waals surface area contributed by atoms with Gasteiger partial charge in [0.15, 0.2) is 0 Å². The van der Waals surface area contributed by atoms with Gasteiger partial charge in [-0.15, -0.1) is 0 Å². The Balaban J connectivity index is 2.12. The van der Waals surface area contributed by atoms with Gasteiger partial charge in [-0.1, -0.05) is 19.1 Å². The molecule has 2 rings (SSSR count). The molecule has 0 radical (unpaired) electrons. The van der Waals surface area contributed by atoms with Crippen LogP contribution in [0.5, 0.6) is 0 Å². The number of halogens is 3. The Hall–Kier alpha value is -0.720. The van der Waals surface area contributed by atoms with Gasteiger partial charge in [0.25, 0.3) is 0 Å². The average Bonchev–Trinajstić information content (AvgIpc) is 2.88. The van der Waals surface area contributed by atoms with E-state index >= 15 is 0 Å². The summed E-state index contributed by atoms with van der Waals surface area (Å²) in [7, 11) is 0. The van der Waals surface area contributed by atoms with Gasteiger partial charge in [0.05, 0.1) is 0 Å². The Kier molecular flexibility index (Phi) is 5.57. The second-order valence-electron chi connectivity index (χ2n) is 5.31. The van der Waals surface area contributed by atoms with Crippen molar-refractivity contribution in [1.29, 1.82) is 0 Å². The van der Waals surface area contributed by atoms with E-state index in [9.17, 15) is 13.2 Å². The summed E-state index contributed by atoms with van der Waals surface area (Å²) in [6.07, 6.45) is 3.42. The van der Waals surface area contributed by atoms with Crippen LogP contribution in [0.4, 0.5) is 13.2 Å². The van der Waals surface area contributed by atoms with Gasteiger partial charge in [0.2, 0.25) is 0 Å². The number of thioether (sulfide) groups is 1. The van der Waals surface area contributed by atoms with E-state index in [2.05, 4.69) is 11.8 Å². The standard InChI is InChI=1S/C15H21F3N2S/c1-2-12-4-3-9-20(12)14(10-19)11-5-7-13(8-6-11)21-15(16,17)18/h5-8,12,14H,2-4,9-10,19H2,1H3. The summed E-state index contributed by atoms with van der Waals surface area (Å²) in [6, 6.07) is 7.25. The maximum Gasteiger partial charge on any atom is 0.446 e. The van der Waals surface area contributed by atoms with Gasteiger partial charge in [-0.25, -0.2) is 0 Å². The molecule has 1 aliphatic heterocycles. The molecule has 2 N–H and O–H groups in total. The van der Waals surface area contributed by atoms with Crippen LogP contribution in [-0.4, -0.2) is 29.5 Å². The Morgan fingerprint density at radius 2 is 2.00 bits per heavy atom. The minimum absolute atomic E-state index is 0.0788. The van der Waals surface area contributed by atoms with Gasteiger partial charge < -0.3 is 5.73 Å². The van der Waals surface area contributed by atoms with E-state index < -0.39 is 5.51 Å². The number of rotatable bonds is 5. The minimum atomic E-state index is -4.24. The van der Waals surface area contributed by atoms with E-state index in [0.717, 1.165) is 24.9 Å². The van der Waals surface area contributed by atoms with E-state index in [1.165, 1.54) is 18.6 Å². The molecule has 2 unspecified atom stereocenters. The lowest BCUT2D eigenvalue weighted by Gasteiger charge is -2.32. The summed E-state index contributed by atoms with van der Waals surface area (Å²) in [5.41, 5.74) is 2.68. The number of likely N-dealkylation sites (tertiary alicyclic amines) is 1. The molecule has 6 heteroatoms. The molecule has 0 bridgehead atoms. The lowest BCUT2D eigenvalue weighted by atomic mass is 10.0. The van der Waals surface area contributed by atoms with Crippen LogP contribution in [0.15, 0.2) is 29.2 Å². The highest BCUT2D eigenvalue weighted by atomic mass is 32.2. The lowest BCUT2D eigenvalue weighted by Crippen LogP contribution is -2.37. The van der Waals surface area contributed by atoms with Gasteiger partial charge in [0.1, 0.15) is 0 Å². The predicted octanol–water partition coefficient (Wildman–Crippen LogP) is 4.17. The van der Waals surface area contributed by atoms with Crippen LogP contribution in [-0.2, 0) is 0 Å². The molecule has 0 aromatic heterocycles. The number of benzene rings is 1. The number of hydrogen-bond acceptors (Lipinski definition) is 3. The first-order chi connectivity index (χ1) is 9.94. The van der Waals surface area contributed by atoms with Gasteiger partial charge in [0, 0.05) is 23.5 Å². The third kappa shape index (κ3) is 4.37. The van der Waals surface area contributed by atoms with Crippen molar-refractivity contribution in [1.82, 2.24) is 4.90 Å². The summed E-state index contributed by atoms with van der Waals surface area (Å²) in [6.45, 7) is 3.67. The first-order valence-electron chi connectivity index (χ1n) is 7.26. The summed E-state index contributed by atoms with van der Waals surface area (Å²) >= 11 is -0.0788. The van der Waals surface area contributed by atoms with Crippen molar-refractivity contribution in [2.75, 3.05) is 13.1 Å². The van der Waals surface area contributed by atoms with Crippen molar-refractivity contribution in [3.8, 4) is 0 Å². The van der Waals surface area contributed by atoms with E-state index in [-0.39, 0.29) is 22.7 Å². The maximum atomic E-state index is 12.3. The zero-order valence-electron chi connectivity index (χ0n) is 12.1. The zero-order valence-corrected chi connectivity index (χ0v) is 12.9. The van der Waals surface area contributed by atoms with Gasteiger partial charge in [-0.2, -0.15) is 13.2 Å². The van der Waals surface area contributed by atoms with Crippen molar-refractivity contribution >= 4 is 11.8 Å². The Morgan fingerprint density at radius 1 is 1.33 bits per heavy atom. The highest BCUT2D eigenvalue weighted by molar-refractivity contribution is 8.00. The molecule has 2 nitrogen and oxygen atoms in total. The molecule has 1 fully saturated rings. The first-order valence-corrected chi connectivity index (χ1v) is 8.07. The molecular formula is C15H21F3N2S. The monoisotopic (exact) mass is 318 g/mol. The van der Waals surface area contributed by atoms with Gasteiger partial charge in [-0.05, 0) is 55.3 Å². The Labute approximate surface area is 127 Å². The van der Waals surface area contributed by atoms with Gasteiger partial charge >= 0.3 is 5.51 Å². The van der Waals surface area contributed by atoms with E-state index in [4.69, 9.17) is 5.73 Å². The Bertz CT molecular complexity index is 447. The quantitative estimate of drug-likeness (QED) is 0.826. The minimum Gasteiger partial charge on any atom is -0.329 e. The van der Waals surface area contributed by atoms with Crippen LogP contribution < -0.4 is 5.73 Å². The highest BCUT2D eigenvalue weighted by Crippen LogP contribution is 2.37. The average molecular weight is 318 g/mol. The third-order valence-electron chi connectivity index (χ3n) is 4.02. The summed E-state index contributed by atoms with van der Waals surface area (Å²) < 4.78 is 37.0. The Morgan fingerprint density at radius 3 is 2.52 bits per heavy atom. The number of alkyl halides is 3. The molecule has 1 heterocycles. The van der Waals surface area contributed by atoms with Gasteiger partial charge in [-0.3, -0.25) is 4.90 Å². The zero-order chi connectivity index (χ0) is 15.5. The third-order valence-corrected chi connectivity index (χ3v) is 4.76. The fourth-order valence-electron chi connectivity index (χ4n) is 3.06. The number of hydrogen-bond donors (Lipinski definition) is 1. The summed E-state index contributed by atoms with van der Waals surface area (Å²) in [4.78, 5) is 2.61. The van der Waals surface area contributed by atoms with Crippen LogP contribution >= 0.6 is 11.8 Å². The molecule has 21 heavy (non-hydrogen) atoms. The number of nitrogens with zero attached hydrogens (tertiary/aromatic N) is 1. The molecule has 1 aromatic rings. The van der Waals surface area contributed by atoms with Crippen molar-refractivity contribution in [2.24, 2.45) is 5.73 Å². The predicted molar refractivity (Wildman–Crippen MR) is 80.2 cm³/mol. The van der Waals surface area contributed by atoms with E-state index in [1.54, 1.807) is 12.1 Å². The SMILES string of the molecule is CCC1CCCN1C(CN)c1ccc(SC(F)(F)F)cc1. The lowest BCUT2D eigenvalue weighted by molar-refractivity contribution is -0.0328. The second kappa shape index (κ2) is 7.03. The molecule has 118 valence electrons. The van der Waals surface area contributed by atoms with Crippen molar-refractivity contribution in [2.45, 2.75) is 48.7 Å². The summed E-state index contributed by atoms with van der Waals surface area (Å²) in [5, 5.41) is 0. The van der Waals surface area contributed by atoms with Crippen LogP contribution in [0, 0.1) is 0 Å². The molecule has 0 amide bonds. The molecule has 1 aliphatic rings. The summed E-state index contributed by atoms with van der Waals surface area (Å²) in [5.74, 6) is 0. The maximum absolute atomic E-state index is 12.3. The van der Waals surface area contributed by atoms with Crippen molar-refractivity contribution in [3.05, 3.63) is 29.8 Å². The molecule has 0 spiro atoms. The van der Waals surface area contributed by atoms with Crippen LogP contribution in [0.3, 0.4) is 0 Å². The smallest absolute Gasteiger partial charge is 0.329 e. The fourth-order valence-corrected chi connectivity index (χ4v) is 3.60. The topological polar surface area (TPSA) is 29.3 Å². The molecule has 0 aliphatic carbocycles. The fraction of sp³-hybridized carbons (Fsp3) is 0.600. The first kappa shape index (κ1) is 16.6. The van der Waals surface area contributed by atoms with Crippen LogP contribution in [0.2, 0.25) is 0 Å². The molecule has 2 atom stereocenters. The van der Waals surface area contributed by atoms with Crippen molar-refractivity contribution in [3.63, 3.8) is 0 Å². The number of nitrogens with two attached hydrogens (primary N) is 1.